The Labute approximate surface area is 117 Å². The van der Waals surface area contributed by atoms with Crippen LogP contribution in [0, 0.1) is 11.8 Å². The Morgan fingerprint density at radius 3 is 2.63 bits per heavy atom. The minimum atomic E-state index is 0.185. The van der Waals surface area contributed by atoms with Crippen LogP contribution in [-0.4, -0.2) is 31.7 Å². The van der Waals surface area contributed by atoms with Gasteiger partial charge in [0.15, 0.2) is 0 Å². The smallest absolute Gasteiger partial charge is 0.220 e. The minimum absolute atomic E-state index is 0.185. The number of nitrogens with one attached hydrogen (secondary N) is 1. The van der Waals surface area contributed by atoms with E-state index < -0.39 is 0 Å². The van der Waals surface area contributed by atoms with E-state index in [9.17, 15) is 4.79 Å². The van der Waals surface area contributed by atoms with Crippen molar-refractivity contribution in [3.8, 4) is 0 Å². The zero-order valence-electron chi connectivity index (χ0n) is 12.7. The molecular formula is C15H30N2O2. The van der Waals surface area contributed by atoms with Gasteiger partial charge in [0.05, 0.1) is 6.10 Å². The van der Waals surface area contributed by atoms with E-state index in [1.165, 1.54) is 0 Å². The molecule has 0 saturated heterocycles. The number of amides is 1. The first-order chi connectivity index (χ1) is 9.06. The predicted molar refractivity (Wildman–Crippen MR) is 77.8 cm³/mol. The highest BCUT2D eigenvalue weighted by Crippen LogP contribution is 2.23. The molecule has 0 aromatic heterocycles. The summed E-state index contributed by atoms with van der Waals surface area (Å²) in [5.41, 5.74) is 5.62. The normalized spacial score (nSPS) is 24.7. The Bertz CT molecular complexity index is 269. The molecule has 1 aliphatic carbocycles. The second-order valence-electron chi connectivity index (χ2n) is 6.06. The maximum Gasteiger partial charge on any atom is 0.220 e. The Kier molecular flexibility index (Phi) is 7.39. The van der Waals surface area contributed by atoms with Crippen LogP contribution >= 0.6 is 0 Å². The summed E-state index contributed by atoms with van der Waals surface area (Å²) in [4.78, 5) is 11.9. The zero-order chi connectivity index (χ0) is 14.3. The number of hydrogen-bond acceptors (Lipinski definition) is 3. The Hall–Kier alpha value is -0.610. The van der Waals surface area contributed by atoms with Crippen molar-refractivity contribution in [2.24, 2.45) is 17.6 Å². The fourth-order valence-electron chi connectivity index (χ4n) is 2.93. The summed E-state index contributed by atoms with van der Waals surface area (Å²) in [5, 5.41) is 3.13. The SMILES string of the molecule is COC1CCC(NC(=O)CCC(CCN)C(C)C)C1. The quantitative estimate of drug-likeness (QED) is 0.709. The van der Waals surface area contributed by atoms with Crippen molar-refractivity contribution in [2.45, 2.75) is 64.5 Å². The molecule has 3 N–H and O–H groups in total. The van der Waals surface area contributed by atoms with E-state index in [-0.39, 0.29) is 5.91 Å². The third kappa shape index (κ3) is 5.91. The van der Waals surface area contributed by atoms with Crippen molar-refractivity contribution in [3.63, 3.8) is 0 Å². The Morgan fingerprint density at radius 1 is 1.37 bits per heavy atom. The molecule has 1 saturated carbocycles. The van der Waals surface area contributed by atoms with Gasteiger partial charge in [0.2, 0.25) is 5.91 Å². The maximum atomic E-state index is 11.9. The summed E-state index contributed by atoms with van der Waals surface area (Å²) in [7, 11) is 1.74. The molecule has 1 rings (SSSR count). The fourth-order valence-corrected chi connectivity index (χ4v) is 2.93. The number of carbonyl (C=O) groups excluding carboxylic acids is 1. The van der Waals surface area contributed by atoms with E-state index in [4.69, 9.17) is 10.5 Å². The van der Waals surface area contributed by atoms with Gasteiger partial charge in [0, 0.05) is 19.6 Å². The lowest BCUT2D eigenvalue weighted by atomic mass is 9.88. The molecule has 1 fully saturated rings. The van der Waals surface area contributed by atoms with E-state index in [2.05, 4.69) is 19.2 Å². The molecule has 0 radical (unpaired) electrons. The molecule has 112 valence electrons. The number of hydrogen-bond donors (Lipinski definition) is 2. The molecule has 0 spiro atoms. The summed E-state index contributed by atoms with van der Waals surface area (Å²) in [6, 6.07) is 0.310. The average Bonchev–Trinajstić information content (AvgIpc) is 2.81. The minimum Gasteiger partial charge on any atom is -0.381 e. The molecule has 3 atom stereocenters. The van der Waals surface area contributed by atoms with Gasteiger partial charge >= 0.3 is 0 Å². The highest BCUT2D eigenvalue weighted by Gasteiger charge is 2.25. The third-order valence-corrected chi connectivity index (χ3v) is 4.31. The molecule has 0 aliphatic heterocycles. The predicted octanol–water partition coefficient (Wildman–Crippen LogP) is 2.07. The van der Waals surface area contributed by atoms with Gasteiger partial charge in [-0.3, -0.25) is 4.79 Å². The van der Waals surface area contributed by atoms with Crippen LogP contribution in [0.1, 0.15) is 52.4 Å². The fraction of sp³-hybridized carbons (Fsp3) is 0.933. The van der Waals surface area contributed by atoms with Crippen LogP contribution in [0.5, 0.6) is 0 Å². The van der Waals surface area contributed by atoms with Gasteiger partial charge < -0.3 is 15.8 Å². The standard InChI is InChI=1S/C15H30N2O2/c1-11(2)12(8-9-16)4-7-15(18)17-13-5-6-14(10-13)19-3/h11-14H,4-10,16H2,1-3H3,(H,17,18). The number of methoxy groups -OCH3 is 1. The van der Waals surface area contributed by atoms with E-state index in [0.717, 1.165) is 32.1 Å². The molecule has 4 heteroatoms. The van der Waals surface area contributed by atoms with Gasteiger partial charge in [0.1, 0.15) is 0 Å². The monoisotopic (exact) mass is 270 g/mol. The van der Waals surface area contributed by atoms with E-state index in [0.29, 0.717) is 36.9 Å². The molecule has 0 aromatic rings. The molecule has 0 heterocycles. The Balaban J connectivity index is 2.23. The highest BCUT2D eigenvalue weighted by molar-refractivity contribution is 5.76. The lowest BCUT2D eigenvalue weighted by molar-refractivity contribution is -0.122. The number of rotatable bonds is 8. The summed E-state index contributed by atoms with van der Waals surface area (Å²) in [6.45, 7) is 5.12. The first-order valence-corrected chi connectivity index (χ1v) is 7.59. The topological polar surface area (TPSA) is 64.3 Å². The van der Waals surface area contributed by atoms with Crippen molar-refractivity contribution in [1.82, 2.24) is 5.32 Å². The van der Waals surface area contributed by atoms with Crippen molar-refractivity contribution < 1.29 is 9.53 Å². The van der Waals surface area contributed by atoms with Crippen LogP contribution in [-0.2, 0) is 9.53 Å². The summed E-state index contributed by atoms with van der Waals surface area (Å²) in [5.74, 6) is 1.34. The van der Waals surface area contributed by atoms with Crippen LogP contribution in [0.15, 0.2) is 0 Å². The summed E-state index contributed by atoms with van der Waals surface area (Å²) in [6.07, 6.45) is 5.96. The second kappa shape index (κ2) is 8.54. The molecular weight excluding hydrogens is 240 g/mol. The Morgan fingerprint density at radius 2 is 2.11 bits per heavy atom. The maximum absolute atomic E-state index is 11.9. The van der Waals surface area contributed by atoms with Gasteiger partial charge in [-0.1, -0.05) is 13.8 Å². The molecule has 1 aliphatic rings. The van der Waals surface area contributed by atoms with Crippen LogP contribution < -0.4 is 11.1 Å². The first-order valence-electron chi connectivity index (χ1n) is 7.59. The zero-order valence-corrected chi connectivity index (χ0v) is 12.7. The van der Waals surface area contributed by atoms with Gasteiger partial charge in [-0.25, -0.2) is 0 Å². The van der Waals surface area contributed by atoms with Crippen LogP contribution in [0.25, 0.3) is 0 Å². The van der Waals surface area contributed by atoms with Crippen LogP contribution in [0.3, 0.4) is 0 Å². The lowest BCUT2D eigenvalue weighted by Crippen LogP contribution is -2.33. The summed E-state index contributed by atoms with van der Waals surface area (Å²) < 4.78 is 5.32. The molecule has 0 aromatic carbocycles. The van der Waals surface area contributed by atoms with E-state index in [1.54, 1.807) is 7.11 Å². The van der Waals surface area contributed by atoms with Crippen molar-refractivity contribution in [3.05, 3.63) is 0 Å². The van der Waals surface area contributed by atoms with Gasteiger partial charge in [-0.05, 0) is 50.5 Å². The van der Waals surface area contributed by atoms with Crippen LogP contribution in [0.2, 0.25) is 0 Å². The second-order valence-corrected chi connectivity index (χ2v) is 6.06. The molecule has 0 bridgehead atoms. The largest absolute Gasteiger partial charge is 0.381 e. The molecule has 3 unspecified atom stereocenters. The van der Waals surface area contributed by atoms with Gasteiger partial charge in [-0.2, -0.15) is 0 Å². The van der Waals surface area contributed by atoms with Crippen LogP contribution in [0.4, 0.5) is 0 Å². The number of nitrogens with two attached hydrogens (primary N) is 1. The lowest BCUT2D eigenvalue weighted by Gasteiger charge is -2.20. The van der Waals surface area contributed by atoms with Gasteiger partial charge in [-0.15, -0.1) is 0 Å². The van der Waals surface area contributed by atoms with E-state index >= 15 is 0 Å². The number of ether oxygens (including phenoxy) is 1. The van der Waals surface area contributed by atoms with E-state index in [1.807, 2.05) is 0 Å². The van der Waals surface area contributed by atoms with Crippen molar-refractivity contribution >= 4 is 5.91 Å². The third-order valence-electron chi connectivity index (χ3n) is 4.31. The summed E-state index contributed by atoms with van der Waals surface area (Å²) >= 11 is 0. The van der Waals surface area contributed by atoms with Gasteiger partial charge in [0.25, 0.3) is 0 Å². The average molecular weight is 270 g/mol. The molecule has 4 nitrogen and oxygen atoms in total. The first kappa shape index (κ1) is 16.4. The van der Waals surface area contributed by atoms with Crippen molar-refractivity contribution in [1.29, 1.82) is 0 Å². The number of carbonyl (C=O) groups is 1. The highest BCUT2D eigenvalue weighted by atomic mass is 16.5. The van der Waals surface area contributed by atoms with Crippen molar-refractivity contribution in [2.75, 3.05) is 13.7 Å². The molecule has 1 amide bonds. The molecule has 19 heavy (non-hydrogen) atoms.